The van der Waals surface area contributed by atoms with Crippen molar-refractivity contribution in [3.8, 4) is 16.8 Å². The van der Waals surface area contributed by atoms with Crippen LogP contribution in [0.4, 0.5) is 5.69 Å². The third-order valence-corrected chi connectivity index (χ3v) is 6.55. The van der Waals surface area contributed by atoms with Crippen LogP contribution in [0.15, 0.2) is 41.5 Å². The first-order valence-corrected chi connectivity index (χ1v) is 11.7. The topological polar surface area (TPSA) is 103 Å². The van der Waals surface area contributed by atoms with Crippen LogP contribution >= 0.6 is 0 Å². The maximum Gasteiger partial charge on any atom is 0.333 e. The number of aliphatic hydroxyl groups is 1. The Kier molecular flexibility index (Phi) is 5.64. The Morgan fingerprint density at radius 1 is 1.03 bits per heavy atom. The number of fused-ring (bicyclic) bond motifs is 3. The van der Waals surface area contributed by atoms with Crippen molar-refractivity contribution in [1.82, 2.24) is 28.9 Å². The molecule has 0 saturated heterocycles. The molecule has 0 aliphatic rings. The van der Waals surface area contributed by atoms with E-state index in [0.717, 1.165) is 68.1 Å². The molecule has 0 amide bonds. The number of imidazole rings is 1. The Hall–Kier alpha value is -3.98. The third-order valence-electron chi connectivity index (χ3n) is 6.55. The first-order chi connectivity index (χ1) is 16.8. The average molecular weight is 472 g/mol. The Bertz CT molecular complexity index is 1640. The molecule has 9 heteroatoms. The van der Waals surface area contributed by atoms with Crippen LogP contribution in [0, 0.1) is 20.8 Å². The fourth-order valence-electron chi connectivity index (χ4n) is 4.77. The highest BCUT2D eigenvalue weighted by atomic mass is 16.3. The molecule has 0 aliphatic carbocycles. The lowest BCUT2D eigenvalue weighted by Crippen LogP contribution is -2.22. The minimum atomic E-state index is -0.166. The van der Waals surface area contributed by atoms with Gasteiger partial charge in [-0.15, -0.1) is 0 Å². The van der Waals surface area contributed by atoms with E-state index in [1.165, 1.54) is 0 Å². The first kappa shape index (κ1) is 22.8. The Morgan fingerprint density at radius 2 is 1.83 bits per heavy atom. The molecule has 0 atom stereocenters. The van der Waals surface area contributed by atoms with Crippen molar-refractivity contribution in [2.75, 3.05) is 18.5 Å². The predicted molar refractivity (Wildman–Crippen MR) is 138 cm³/mol. The van der Waals surface area contributed by atoms with Crippen molar-refractivity contribution >= 4 is 27.6 Å². The number of aryl methyl sites for hydroxylation is 3. The van der Waals surface area contributed by atoms with E-state index in [1.807, 2.05) is 39.1 Å². The number of aliphatic hydroxyl groups excluding tert-OH is 1. The van der Waals surface area contributed by atoms with Crippen LogP contribution in [-0.2, 0) is 13.6 Å². The summed E-state index contributed by atoms with van der Waals surface area (Å²) in [6.07, 6.45) is 3.62. The van der Waals surface area contributed by atoms with Crippen LogP contribution in [0.3, 0.4) is 0 Å². The van der Waals surface area contributed by atoms with Crippen molar-refractivity contribution < 1.29 is 5.11 Å². The van der Waals surface area contributed by atoms with Gasteiger partial charge in [-0.2, -0.15) is 5.10 Å². The summed E-state index contributed by atoms with van der Waals surface area (Å²) >= 11 is 0. The maximum atomic E-state index is 13.5. The van der Waals surface area contributed by atoms with Crippen LogP contribution in [0.1, 0.15) is 24.0 Å². The monoisotopic (exact) mass is 471 g/mol. The van der Waals surface area contributed by atoms with Crippen LogP contribution in [0.25, 0.3) is 38.8 Å². The summed E-state index contributed by atoms with van der Waals surface area (Å²) in [5, 5.41) is 18.3. The summed E-state index contributed by atoms with van der Waals surface area (Å²) in [6.45, 7) is 9.01. The molecule has 0 bridgehead atoms. The highest BCUT2D eigenvalue weighted by molar-refractivity contribution is 6.04. The fourth-order valence-corrected chi connectivity index (χ4v) is 4.77. The number of aromatic nitrogens is 6. The van der Waals surface area contributed by atoms with Gasteiger partial charge in [-0.25, -0.2) is 4.79 Å². The van der Waals surface area contributed by atoms with Gasteiger partial charge < -0.3 is 10.4 Å². The number of nitrogens with one attached hydrogen (secondary N) is 1. The molecule has 180 valence electrons. The van der Waals surface area contributed by atoms with E-state index < -0.39 is 0 Å². The maximum absolute atomic E-state index is 13.5. The average Bonchev–Trinajstić information content (AvgIpc) is 3.26. The zero-order chi connectivity index (χ0) is 24.9. The van der Waals surface area contributed by atoms with Crippen molar-refractivity contribution in [2.45, 2.75) is 34.2 Å². The molecule has 1 aromatic carbocycles. The smallest absolute Gasteiger partial charge is 0.333 e. The zero-order valence-electron chi connectivity index (χ0n) is 20.6. The molecule has 5 rings (SSSR count). The normalized spacial score (nSPS) is 11.6. The minimum absolute atomic E-state index is 0.0263. The second-order valence-electron chi connectivity index (χ2n) is 8.75. The summed E-state index contributed by atoms with van der Waals surface area (Å²) in [6, 6.07) is 8.19. The van der Waals surface area contributed by atoms with Gasteiger partial charge in [0.25, 0.3) is 0 Å². The fraction of sp³-hybridized carbons (Fsp3) is 0.308. The summed E-state index contributed by atoms with van der Waals surface area (Å²) in [7, 11) is 1.76. The van der Waals surface area contributed by atoms with E-state index >= 15 is 0 Å². The molecule has 0 saturated carbocycles. The van der Waals surface area contributed by atoms with Crippen LogP contribution < -0.4 is 11.0 Å². The number of anilines is 1. The Morgan fingerprint density at radius 3 is 2.57 bits per heavy atom. The van der Waals surface area contributed by atoms with Gasteiger partial charge in [-0.05, 0) is 51.5 Å². The number of pyridine rings is 2. The summed E-state index contributed by atoms with van der Waals surface area (Å²) in [5.41, 5.74) is 8.36. The second kappa shape index (κ2) is 8.66. The highest BCUT2D eigenvalue weighted by Crippen LogP contribution is 2.32. The molecule has 4 aromatic heterocycles. The van der Waals surface area contributed by atoms with Gasteiger partial charge in [-0.3, -0.25) is 23.8 Å². The lowest BCUT2D eigenvalue weighted by Gasteiger charge is -2.11. The van der Waals surface area contributed by atoms with Crippen LogP contribution in [0.5, 0.6) is 0 Å². The lowest BCUT2D eigenvalue weighted by atomic mass is 10.0. The van der Waals surface area contributed by atoms with Crippen molar-refractivity contribution in [2.24, 2.45) is 7.05 Å². The van der Waals surface area contributed by atoms with E-state index in [4.69, 9.17) is 0 Å². The predicted octanol–water partition coefficient (Wildman–Crippen LogP) is 3.49. The summed E-state index contributed by atoms with van der Waals surface area (Å²) in [5.74, 6) is 0. The third kappa shape index (κ3) is 3.59. The van der Waals surface area contributed by atoms with Crippen LogP contribution in [-0.4, -0.2) is 47.1 Å². The van der Waals surface area contributed by atoms with E-state index in [0.29, 0.717) is 6.54 Å². The number of hydrogen-bond donors (Lipinski definition) is 2. The number of benzene rings is 1. The van der Waals surface area contributed by atoms with Gasteiger partial charge in [0.05, 0.1) is 64.4 Å². The van der Waals surface area contributed by atoms with Gasteiger partial charge in [0.2, 0.25) is 0 Å². The number of hydrogen-bond acceptors (Lipinski definition) is 6. The molecule has 9 nitrogen and oxygen atoms in total. The van der Waals surface area contributed by atoms with E-state index in [1.54, 1.807) is 27.1 Å². The first-order valence-electron chi connectivity index (χ1n) is 11.7. The zero-order valence-corrected chi connectivity index (χ0v) is 20.6. The molecule has 5 aromatic rings. The molecular formula is C26H29N7O2. The molecule has 4 heterocycles. The van der Waals surface area contributed by atoms with Crippen molar-refractivity contribution in [1.29, 1.82) is 0 Å². The molecule has 0 radical (unpaired) electrons. The standard InChI is InChI=1S/C26H29N7O2/c1-6-27-22-12-19(13-28-15(22)2)18-7-8-21-20(11-18)25-23(14-29-21)31(5)26(35)33(25)24-16(3)30-32(9-10-34)17(24)4/h7-8,11-14,27,34H,6,9-10H2,1-5H3. The van der Waals surface area contributed by atoms with Gasteiger partial charge in [0, 0.05) is 30.7 Å². The van der Waals surface area contributed by atoms with Crippen molar-refractivity contribution in [3.63, 3.8) is 0 Å². The van der Waals surface area contributed by atoms with Gasteiger partial charge in [0.15, 0.2) is 0 Å². The quantitative estimate of drug-likeness (QED) is 0.393. The molecule has 0 aliphatic heterocycles. The summed E-state index contributed by atoms with van der Waals surface area (Å²) < 4.78 is 5.09. The molecule has 0 spiro atoms. The lowest BCUT2D eigenvalue weighted by molar-refractivity contribution is 0.268. The molecule has 0 fully saturated rings. The largest absolute Gasteiger partial charge is 0.394 e. The highest BCUT2D eigenvalue weighted by Gasteiger charge is 2.22. The van der Waals surface area contributed by atoms with E-state index in [2.05, 4.69) is 39.4 Å². The van der Waals surface area contributed by atoms with Gasteiger partial charge in [0.1, 0.15) is 0 Å². The van der Waals surface area contributed by atoms with Crippen molar-refractivity contribution in [3.05, 3.63) is 64.2 Å². The number of rotatable bonds is 6. The SMILES string of the molecule is CCNc1cc(-c2ccc3ncc4c(c3c2)n(-c2c(C)nn(CCO)c2C)c(=O)n4C)cnc1C. The van der Waals surface area contributed by atoms with Crippen LogP contribution in [0.2, 0.25) is 0 Å². The molecular weight excluding hydrogens is 442 g/mol. The Labute approximate surface area is 202 Å². The van der Waals surface area contributed by atoms with E-state index in [-0.39, 0.29) is 12.3 Å². The van der Waals surface area contributed by atoms with Gasteiger partial charge in [-0.1, -0.05) is 6.07 Å². The van der Waals surface area contributed by atoms with E-state index in [9.17, 15) is 9.90 Å². The molecule has 35 heavy (non-hydrogen) atoms. The number of nitrogens with zero attached hydrogens (tertiary/aromatic N) is 6. The second-order valence-corrected chi connectivity index (χ2v) is 8.75. The minimum Gasteiger partial charge on any atom is -0.394 e. The molecule has 2 N–H and O–H groups in total. The summed E-state index contributed by atoms with van der Waals surface area (Å²) in [4.78, 5) is 22.7. The Balaban J connectivity index is 1.81. The van der Waals surface area contributed by atoms with Gasteiger partial charge >= 0.3 is 5.69 Å². The molecule has 0 unspecified atom stereocenters.